The van der Waals surface area contributed by atoms with Crippen LogP contribution in [0.4, 0.5) is 11.4 Å². The van der Waals surface area contributed by atoms with Gasteiger partial charge in [-0.3, -0.25) is 15.1 Å². The lowest BCUT2D eigenvalue weighted by molar-refractivity contribution is -0.384. The number of para-hydroxylation sites is 2. The highest BCUT2D eigenvalue weighted by Crippen LogP contribution is 2.22. The Morgan fingerprint density at radius 2 is 1.86 bits per heavy atom. The summed E-state index contributed by atoms with van der Waals surface area (Å²) < 4.78 is 5.17. The van der Waals surface area contributed by atoms with Gasteiger partial charge in [-0.1, -0.05) is 24.3 Å². The number of aliphatic imine (C=N–C) groups is 1. The molecular formula is C19H26IN5O3. The first-order chi connectivity index (χ1) is 13.0. The molecule has 2 N–H and O–H groups in total. The number of rotatable bonds is 8. The fraction of sp³-hybridized carbons (Fsp3) is 0.316. The first kappa shape index (κ1) is 23.5. The van der Waals surface area contributed by atoms with Gasteiger partial charge in [0.2, 0.25) is 0 Å². The summed E-state index contributed by atoms with van der Waals surface area (Å²) >= 11 is 0. The van der Waals surface area contributed by atoms with E-state index in [-0.39, 0.29) is 29.7 Å². The molecule has 0 aromatic heterocycles. The molecule has 8 nitrogen and oxygen atoms in total. The van der Waals surface area contributed by atoms with Crippen LogP contribution >= 0.6 is 24.0 Å². The topological polar surface area (TPSA) is 92.0 Å². The molecule has 9 heteroatoms. The van der Waals surface area contributed by atoms with Crippen molar-refractivity contribution in [3.05, 3.63) is 64.2 Å². The van der Waals surface area contributed by atoms with Crippen molar-refractivity contribution in [1.29, 1.82) is 0 Å². The summed E-state index contributed by atoms with van der Waals surface area (Å²) in [6.45, 7) is 1.80. The molecular weight excluding hydrogens is 473 g/mol. The van der Waals surface area contributed by atoms with E-state index < -0.39 is 4.92 Å². The molecule has 0 aliphatic rings. The monoisotopic (exact) mass is 499 g/mol. The molecule has 2 aromatic carbocycles. The lowest BCUT2D eigenvalue weighted by atomic mass is 10.2. The summed E-state index contributed by atoms with van der Waals surface area (Å²) in [5.41, 5.74) is 1.71. The maximum atomic E-state index is 11.0. The van der Waals surface area contributed by atoms with Crippen LogP contribution in [0.25, 0.3) is 0 Å². The highest BCUT2D eigenvalue weighted by Gasteiger charge is 2.11. The largest absolute Gasteiger partial charge is 0.497 e. The summed E-state index contributed by atoms with van der Waals surface area (Å²) in [4.78, 5) is 16.9. The number of anilines is 1. The number of methoxy groups -OCH3 is 1. The molecule has 0 atom stereocenters. The molecule has 152 valence electrons. The maximum absolute atomic E-state index is 11.0. The third kappa shape index (κ3) is 6.87. The zero-order valence-corrected chi connectivity index (χ0v) is 18.5. The van der Waals surface area contributed by atoms with Crippen molar-refractivity contribution in [1.82, 2.24) is 10.2 Å². The van der Waals surface area contributed by atoms with Gasteiger partial charge in [0.1, 0.15) is 11.4 Å². The predicted molar refractivity (Wildman–Crippen MR) is 123 cm³/mol. The zero-order valence-electron chi connectivity index (χ0n) is 16.2. The Kier molecular flexibility index (Phi) is 10.1. The molecule has 0 bridgehead atoms. The number of nitrogens with zero attached hydrogens (tertiary/aromatic N) is 3. The number of nitrogens with one attached hydrogen (secondary N) is 2. The summed E-state index contributed by atoms with van der Waals surface area (Å²) in [6, 6.07) is 14.5. The van der Waals surface area contributed by atoms with Gasteiger partial charge < -0.3 is 20.3 Å². The highest BCUT2D eigenvalue weighted by atomic mass is 127. The Bertz CT molecular complexity index is 783. The summed E-state index contributed by atoms with van der Waals surface area (Å²) in [5.74, 6) is 1.57. The second kappa shape index (κ2) is 12.0. The Morgan fingerprint density at radius 3 is 2.46 bits per heavy atom. The van der Waals surface area contributed by atoms with Gasteiger partial charge in [0.05, 0.1) is 12.0 Å². The molecule has 0 heterocycles. The number of ether oxygens (including phenoxy) is 1. The molecule has 0 spiro atoms. The summed E-state index contributed by atoms with van der Waals surface area (Å²) in [7, 11) is 5.32. The molecule has 2 rings (SSSR count). The SMILES string of the molecule is CN=C(NCCNc1ccccc1[N+](=O)[O-])N(C)Cc1ccc(OC)cc1.I. The lowest BCUT2D eigenvalue weighted by Gasteiger charge is -2.22. The Balaban J connectivity index is 0.00000392. The molecule has 0 radical (unpaired) electrons. The average Bonchev–Trinajstić information content (AvgIpc) is 2.68. The molecule has 0 aliphatic heterocycles. The molecule has 0 saturated carbocycles. The van der Waals surface area contributed by atoms with Crippen molar-refractivity contribution in [3.63, 3.8) is 0 Å². The fourth-order valence-electron chi connectivity index (χ4n) is 2.62. The van der Waals surface area contributed by atoms with E-state index in [1.807, 2.05) is 36.2 Å². The summed E-state index contributed by atoms with van der Waals surface area (Å²) in [5, 5.41) is 17.4. The Morgan fingerprint density at radius 1 is 1.18 bits per heavy atom. The molecule has 0 fully saturated rings. The van der Waals surface area contributed by atoms with Crippen molar-refractivity contribution in [2.45, 2.75) is 6.54 Å². The normalized spacial score (nSPS) is 10.6. The number of halogens is 1. The molecule has 0 saturated heterocycles. The van der Waals surface area contributed by atoms with Crippen LogP contribution in [0, 0.1) is 10.1 Å². The van der Waals surface area contributed by atoms with Crippen LogP contribution in [-0.4, -0.2) is 50.1 Å². The second-order valence-electron chi connectivity index (χ2n) is 5.88. The van der Waals surface area contributed by atoms with Crippen molar-refractivity contribution < 1.29 is 9.66 Å². The van der Waals surface area contributed by atoms with Crippen molar-refractivity contribution in [3.8, 4) is 5.75 Å². The average molecular weight is 499 g/mol. The Labute approximate surface area is 182 Å². The van der Waals surface area contributed by atoms with E-state index in [0.717, 1.165) is 17.3 Å². The lowest BCUT2D eigenvalue weighted by Crippen LogP contribution is -2.40. The maximum Gasteiger partial charge on any atom is 0.292 e. The molecule has 28 heavy (non-hydrogen) atoms. The molecule has 0 amide bonds. The number of nitro groups is 1. The molecule has 2 aromatic rings. The van der Waals surface area contributed by atoms with E-state index in [1.54, 1.807) is 32.4 Å². The van der Waals surface area contributed by atoms with Crippen LogP contribution in [0.15, 0.2) is 53.5 Å². The predicted octanol–water partition coefficient (Wildman–Crippen LogP) is 3.34. The number of benzene rings is 2. The van der Waals surface area contributed by atoms with Crippen LogP contribution in [-0.2, 0) is 6.54 Å². The first-order valence-corrected chi connectivity index (χ1v) is 8.57. The zero-order chi connectivity index (χ0) is 19.6. The van der Waals surface area contributed by atoms with E-state index in [9.17, 15) is 10.1 Å². The van der Waals surface area contributed by atoms with Gasteiger partial charge in [0.25, 0.3) is 5.69 Å². The Hall–Kier alpha value is -2.56. The van der Waals surface area contributed by atoms with Crippen molar-refractivity contribution in [2.75, 3.05) is 39.6 Å². The van der Waals surface area contributed by atoms with Crippen LogP contribution in [0.2, 0.25) is 0 Å². The smallest absolute Gasteiger partial charge is 0.292 e. The third-order valence-electron chi connectivity index (χ3n) is 3.98. The van der Waals surface area contributed by atoms with E-state index in [1.165, 1.54) is 6.07 Å². The van der Waals surface area contributed by atoms with E-state index >= 15 is 0 Å². The van der Waals surface area contributed by atoms with Gasteiger partial charge in [-0.15, -0.1) is 24.0 Å². The standard InChI is InChI=1S/C19H25N5O3.HI/c1-20-19(23(2)14-15-8-10-16(27-3)11-9-15)22-13-12-21-17-6-4-5-7-18(17)24(25)26;/h4-11,21H,12-14H2,1-3H3,(H,20,22);1H. The van der Waals surface area contributed by atoms with Gasteiger partial charge >= 0.3 is 0 Å². The number of guanidine groups is 1. The van der Waals surface area contributed by atoms with Gasteiger partial charge in [0, 0.05) is 39.8 Å². The highest BCUT2D eigenvalue weighted by molar-refractivity contribution is 14.0. The first-order valence-electron chi connectivity index (χ1n) is 8.57. The molecule has 0 unspecified atom stereocenters. The number of hydrogen-bond donors (Lipinski definition) is 2. The van der Waals surface area contributed by atoms with Crippen LogP contribution in [0.1, 0.15) is 5.56 Å². The summed E-state index contributed by atoms with van der Waals surface area (Å²) in [6.07, 6.45) is 0. The van der Waals surface area contributed by atoms with E-state index in [4.69, 9.17) is 4.74 Å². The second-order valence-corrected chi connectivity index (χ2v) is 5.88. The van der Waals surface area contributed by atoms with Gasteiger partial charge in [-0.05, 0) is 23.8 Å². The van der Waals surface area contributed by atoms with E-state index in [2.05, 4.69) is 15.6 Å². The van der Waals surface area contributed by atoms with Crippen LogP contribution in [0.3, 0.4) is 0 Å². The minimum absolute atomic E-state index is 0. The number of nitro benzene ring substituents is 1. The fourth-order valence-corrected chi connectivity index (χ4v) is 2.62. The van der Waals surface area contributed by atoms with Crippen LogP contribution in [0.5, 0.6) is 5.75 Å². The minimum Gasteiger partial charge on any atom is -0.497 e. The van der Waals surface area contributed by atoms with Gasteiger partial charge in [-0.2, -0.15) is 0 Å². The van der Waals surface area contributed by atoms with Crippen molar-refractivity contribution in [2.24, 2.45) is 4.99 Å². The van der Waals surface area contributed by atoms with E-state index in [0.29, 0.717) is 25.3 Å². The van der Waals surface area contributed by atoms with Crippen molar-refractivity contribution >= 4 is 41.3 Å². The third-order valence-corrected chi connectivity index (χ3v) is 3.98. The minimum atomic E-state index is -0.392. The quantitative estimate of drug-likeness (QED) is 0.145. The number of hydrogen-bond acceptors (Lipinski definition) is 5. The van der Waals surface area contributed by atoms with Gasteiger partial charge in [0.15, 0.2) is 5.96 Å². The molecule has 0 aliphatic carbocycles. The van der Waals surface area contributed by atoms with Crippen LogP contribution < -0.4 is 15.4 Å². The van der Waals surface area contributed by atoms with Gasteiger partial charge in [-0.25, -0.2) is 0 Å².